The van der Waals surface area contributed by atoms with E-state index >= 15 is 0 Å². The molecule has 0 saturated carbocycles. The maximum atomic E-state index is 12.5. The Morgan fingerprint density at radius 2 is 1.85 bits per heavy atom. The van der Waals surface area contributed by atoms with Crippen LogP contribution >= 0.6 is 11.3 Å². The van der Waals surface area contributed by atoms with Crippen molar-refractivity contribution in [1.82, 2.24) is 0 Å². The van der Waals surface area contributed by atoms with Crippen molar-refractivity contribution in [2.24, 2.45) is 5.92 Å². The van der Waals surface area contributed by atoms with Crippen LogP contribution in [0, 0.1) is 5.92 Å². The lowest BCUT2D eigenvalue weighted by atomic mass is 9.84. The zero-order valence-corrected chi connectivity index (χ0v) is 17.2. The summed E-state index contributed by atoms with van der Waals surface area (Å²) in [7, 11) is 0. The van der Waals surface area contributed by atoms with Gasteiger partial charge in [-0.25, -0.2) is 4.79 Å². The van der Waals surface area contributed by atoms with Crippen molar-refractivity contribution < 1.29 is 23.9 Å². The van der Waals surface area contributed by atoms with E-state index in [4.69, 9.17) is 9.47 Å². The van der Waals surface area contributed by atoms with Gasteiger partial charge in [-0.1, -0.05) is 19.8 Å². The normalized spacial score (nSPS) is 15.7. The number of hydrogen-bond acceptors (Lipinski definition) is 6. The zero-order chi connectivity index (χ0) is 19.8. The van der Waals surface area contributed by atoms with Crippen LogP contribution in [0.4, 0.5) is 5.00 Å². The van der Waals surface area contributed by atoms with E-state index in [0.717, 1.165) is 31.2 Å². The molecule has 0 aliphatic heterocycles. The van der Waals surface area contributed by atoms with E-state index in [0.29, 0.717) is 23.1 Å². The van der Waals surface area contributed by atoms with E-state index in [9.17, 15) is 14.4 Å². The van der Waals surface area contributed by atoms with Gasteiger partial charge in [-0.05, 0) is 44.6 Å². The van der Waals surface area contributed by atoms with E-state index in [1.165, 1.54) is 22.6 Å². The van der Waals surface area contributed by atoms with Crippen molar-refractivity contribution in [2.75, 3.05) is 18.5 Å². The zero-order valence-electron chi connectivity index (χ0n) is 16.4. The van der Waals surface area contributed by atoms with Crippen LogP contribution in [0.15, 0.2) is 0 Å². The van der Waals surface area contributed by atoms with Gasteiger partial charge >= 0.3 is 11.9 Å². The molecule has 1 N–H and O–H groups in total. The average molecular weight is 396 g/mol. The number of ether oxygens (including phenoxy) is 2. The second-order valence-electron chi connectivity index (χ2n) is 6.68. The molecule has 0 aromatic carbocycles. The lowest BCUT2D eigenvalue weighted by Gasteiger charge is -2.21. The summed E-state index contributed by atoms with van der Waals surface area (Å²) in [5.74, 6) is -0.448. The SMILES string of the molecule is CCC[C@@H]1CCc2c(sc(NC(=O)CCC(=O)OCC)c2C(=O)OCC)C1. The Morgan fingerprint density at radius 1 is 1.11 bits per heavy atom. The van der Waals surface area contributed by atoms with Crippen LogP contribution in [-0.4, -0.2) is 31.1 Å². The number of carbonyl (C=O) groups is 3. The predicted octanol–water partition coefficient (Wildman–Crippen LogP) is 4.11. The Morgan fingerprint density at radius 3 is 2.52 bits per heavy atom. The highest BCUT2D eigenvalue weighted by atomic mass is 32.1. The van der Waals surface area contributed by atoms with Crippen molar-refractivity contribution in [2.45, 2.75) is 65.7 Å². The summed E-state index contributed by atoms with van der Waals surface area (Å²) >= 11 is 1.47. The topological polar surface area (TPSA) is 81.7 Å². The first-order valence-corrected chi connectivity index (χ1v) is 10.6. The molecular weight excluding hydrogens is 366 g/mol. The number of fused-ring (bicyclic) bond motifs is 1. The molecule has 1 aliphatic rings. The molecular formula is C20H29NO5S. The van der Waals surface area contributed by atoms with Crippen LogP contribution in [0.5, 0.6) is 0 Å². The largest absolute Gasteiger partial charge is 0.466 e. The summed E-state index contributed by atoms with van der Waals surface area (Å²) in [5, 5.41) is 3.37. The Labute approximate surface area is 164 Å². The van der Waals surface area contributed by atoms with E-state index in [-0.39, 0.29) is 31.3 Å². The van der Waals surface area contributed by atoms with Gasteiger partial charge < -0.3 is 14.8 Å². The van der Waals surface area contributed by atoms with Crippen LogP contribution in [0.3, 0.4) is 0 Å². The van der Waals surface area contributed by atoms with Gasteiger partial charge in [0.25, 0.3) is 0 Å². The van der Waals surface area contributed by atoms with Crippen molar-refractivity contribution in [1.29, 1.82) is 0 Å². The summed E-state index contributed by atoms with van der Waals surface area (Å²) in [4.78, 5) is 37.4. The second kappa shape index (κ2) is 10.4. The summed E-state index contributed by atoms with van der Waals surface area (Å²) in [6.07, 6.45) is 5.21. The van der Waals surface area contributed by atoms with E-state index in [1.54, 1.807) is 13.8 Å². The second-order valence-corrected chi connectivity index (χ2v) is 7.78. The molecule has 0 fully saturated rings. The van der Waals surface area contributed by atoms with Crippen molar-refractivity contribution in [3.8, 4) is 0 Å². The van der Waals surface area contributed by atoms with E-state index in [1.807, 2.05) is 0 Å². The predicted molar refractivity (Wildman–Crippen MR) is 105 cm³/mol. The minimum absolute atomic E-state index is 0.0259. The lowest BCUT2D eigenvalue weighted by Crippen LogP contribution is -2.18. The van der Waals surface area contributed by atoms with Crippen LogP contribution in [0.25, 0.3) is 0 Å². The van der Waals surface area contributed by atoms with Gasteiger partial charge in [0.15, 0.2) is 0 Å². The molecule has 6 nitrogen and oxygen atoms in total. The lowest BCUT2D eigenvalue weighted by molar-refractivity contribution is -0.144. The van der Waals surface area contributed by atoms with Crippen molar-refractivity contribution >= 4 is 34.2 Å². The number of carbonyl (C=O) groups excluding carboxylic acids is 3. The standard InChI is InChI=1S/C20H29NO5S/c1-4-7-13-8-9-14-15(12-13)27-19(18(14)20(24)26-6-3)21-16(22)10-11-17(23)25-5-2/h13H,4-12H2,1-3H3,(H,21,22)/t13-/m1/s1. The molecule has 1 aliphatic carbocycles. The molecule has 150 valence electrons. The fraction of sp³-hybridized carbons (Fsp3) is 0.650. The molecule has 1 aromatic heterocycles. The summed E-state index contributed by atoms with van der Waals surface area (Å²) in [6, 6.07) is 0. The molecule has 1 atom stereocenters. The Bertz CT molecular complexity index is 682. The molecule has 7 heteroatoms. The number of esters is 2. The first-order chi connectivity index (χ1) is 13.0. The summed E-state index contributed by atoms with van der Waals surface area (Å²) in [6.45, 7) is 6.27. The Balaban J connectivity index is 2.15. The number of anilines is 1. The molecule has 1 aromatic rings. The van der Waals surface area contributed by atoms with E-state index in [2.05, 4.69) is 12.2 Å². The molecule has 1 heterocycles. The number of nitrogens with one attached hydrogen (secondary N) is 1. The van der Waals surface area contributed by atoms with Gasteiger partial charge in [-0.2, -0.15) is 0 Å². The minimum atomic E-state index is -0.397. The van der Waals surface area contributed by atoms with Crippen LogP contribution in [-0.2, 0) is 31.9 Å². The molecule has 0 radical (unpaired) electrons. The number of hydrogen-bond donors (Lipinski definition) is 1. The maximum Gasteiger partial charge on any atom is 0.341 e. The molecule has 1 amide bonds. The van der Waals surface area contributed by atoms with Gasteiger partial charge in [-0.15, -0.1) is 11.3 Å². The smallest absolute Gasteiger partial charge is 0.341 e. The molecule has 0 spiro atoms. The third kappa shape index (κ3) is 5.79. The van der Waals surface area contributed by atoms with Crippen LogP contribution in [0.1, 0.15) is 73.7 Å². The fourth-order valence-corrected chi connectivity index (χ4v) is 4.82. The quantitative estimate of drug-likeness (QED) is 0.636. The van der Waals surface area contributed by atoms with Gasteiger partial charge in [0.05, 0.1) is 25.2 Å². The molecule has 2 rings (SSSR count). The highest BCUT2D eigenvalue weighted by Gasteiger charge is 2.30. The van der Waals surface area contributed by atoms with Gasteiger partial charge in [0.2, 0.25) is 5.91 Å². The first-order valence-electron chi connectivity index (χ1n) is 9.77. The highest BCUT2D eigenvalue weighted by molar-refractivity contribution is 7.17. The van der Waals surface area contributed by atoms with Gasteiger partial charge in [0.1, 0.15) is 5.00 Å². The molecule has 0 unspecified atom stereocenters. The molecule has 27 heavy (non-hydrogen) atoms. The fourth-order valence-electron chi connectivity index (χ4n) is 3.45. The van der Waals surface area contributed by atoms with Crippen LogP contribution < -0.4 is 5.32 Å². The summed E-state index contributed by atoms with van der Waals surface area (Å²) in [5.41, 5.74) is 1.52. The monoisotopic (exact) mass is 395 g/mol. The minimum Gasteiger partial charge on any atom is -0.466 e. The van der Waals surface area contributed by atoms with Gasteiger partial charge in [-0.3, -0.25) is 9.59 Å². The van der Waals surface area contributed by atoms with Crippen molar-refractivity contribution in [3.05, 3.63) is 16.0 Å². The average Bonchev–Trinajstić information content (AvgIpc) is 2.97. The Kier molecular flexibility index (Phi) is 8.28. The third-order valence-corrected chi connectivity index (χ3v) is 5.83. The highest BCUT2D eigenvalue weighted by Crippen LogP contribution is 2.41. The van der Waals surface area contributed by atoms with Gasteiger partial charge in [0, 0.05) is 11.3 Å². The summed E-state index contributed by atoms with van der Waals surface area (Å²) < 4.78 is 10.1. The molecule has 0 saturated heterocycles. The van der Waals surface area contributed by atoms with Crippen molar-refractivity contribution in [3.63, 3.8) is 0 Å². The van der Waals surface area contributed by atoms with Crippen LogP contribution in [0.2, 0.25) is 0 Å². The third-order valence-electron chi connectivity index (χ3n) is 4.66. The number of amides is 1. The number of rotatable bonds is 9. The Hall–Kier alpha value is -1.89. The molecule has 0 bridgehead atoms. The van der Waals surface area contributed by atoms with E-state index < -0.39 is 5.97 Å². The number of thiophene rings is 1. The first kappa shape index (κ1) is 21.4. The maximum absolute atomic E-state index is 12.5.